The van der Waals surface area contributed by atoms with Crippen LogP contribution >= 0.6 is 27.5 Å². The third kappa shape index (κ3) is 3.05. The molecular weight excluding hydrogens is 412 g/mol. The summed E-state index contributed by atoms with van der Waals surface area (Å²) < 4.78 is 9.60. The summed E-state index contributed by atoms with van der Waals surface area (Å²) in [5.41, 5.74) is 1.25. The lowest BCUT2D eigenvalue weighted by Gasteiger charge is -2.10. The van der Waals surface area contributed by atoms with E-state index in [1.165, 1.54) is 0 Å². The van der Waals surface area contributed by atoms with Crippen LogP contribution in [0.5, 0.6) is 5.88 Å². The lowest BCUT2D eigenvalue weighted by Crippen LogP contribution is -2.16. The summed E-state index contributed by atoms with van der Waals surface area (Å²) in [6, 6.07) is 0.323. The molecule has 4 heterocycles. The van der Waals surface area contributed by atoms with Gasteiger partial charge in [0.25, 0.3) is 5.88 Å². The third-order valence-electron chi connectivity index (χ3n) is 4.18. The maximum Gasteiger partial charge on any atom is 0.256 e. The van der Waals surface area contributed by atoms with Gasteiger partial charge in [-0.1, -0.05) is 0 Å². The van der Waals surface area contributed by atoms with Crippen molar-refractivity contribution < 1.29 is 4.74 Å². The number of ether oxygens (including phenoxy) is 1. The molecule has 1 aliphatic rings. The maximum atomic E-state index is 6.03. The molecule has 3 aromatic rings. The van der Waals surface area contributed by atoms with Crippen LogP contribution in [-0.4, -0.2) is 61.5 Å². The topological polar surface area (TPSA) is 85.4 Å². The number of hydrogen-bond acceptors (Lipinski definition) is 7. The van der Waals surface area contributed by atoms with Gasteiger partial charge >= 0.3 is 0 Å². The number of halogens is 2. The molecule has 4 rings (SSSR count). The van der Waals surface area contributed by atoms with E-state index >= 15 is 0 Å². The van der Waals surface area contributed by atoms with E-state index in [4.69, 9.17) is 16.3 Å². The van der Waals surface area contributed by atoms with Crippen molar-refractivity contribution in [1.82, 2.24) is 34.3 Å². The molecule has 132 valence electrons. The lowest BCUT2D eigenvalue weighted by atomic mass is 10.3. The van der Waals surface area contributed by atoms with Gasteiger partial charge in [0.05, 0.1) is 25.5 Å². The first kappa shape index (κ1) is 16.6. The van der Waals surface area contributed by atoms with Gasteiger partial charge in [-0.25, -0.2) is 9.50 Å². The molecule has 1 aliphatic heterocycles. The van der Waals surface area contributed by atoms with Crippen molar-refractivity contribution in [3.63, 3.8) is 0 Å². The highest BCUT2D eigenvalue weighted by Gasteiger charge is 2.24. The van der Waals surface area contributed by atoms with Gasteiger partial charge < -0.3 is 15.0 Å². The Hall–Kier alpha value is -1.91. The second kappa shape index (κ2) is 6.43. The second-order valence-electron chi connectivity index (χ2n) is 5.91. The van der Waals surface area contributed by atoms with E-state index in [2.05, 4.69) is 53.4 Å². The molecule has 0 radical (unpaired) electrons. The summed E-state index contributed by atoms with van der Waals surface area (Å²) in [6.45, 7) is 2.01. The van der Waals surface area contributed by atoms with E-state index in [1.807, 2.05) is 10.9 Å². The van der Waals surface area contributed by atoms with E-state index in [9.17, 15) is 0 Å². The van der Waals surface area contributed by atoms with Gasteiger partial charge in [0.15, 0.2) is 11.5 Å². The summed E-state index contributed by atoms with van der Waals surface area (Å²) in [7, 11) is 3.70. The van der Waals surface area contributed by atoms with E-state index in [-0.39, 0.29) is 5.28 Å². The summed E-state index contributed by atoms with van der Waals surface area (Å²) >= 11 is 9.41. The van der Waals surface area contributed by atoms with Crippen LogP contribution in [0.1, 0.15) is 12.5 Å². The van der Waals surface area contributed by atoms with E-state index in [1.54, 1.807) is 17.8 Å². The number of fused-ring (bicyclic) bond motifs is 1. The number of aromatic nitrogens is 6. The Balaban J connectivity index is 1.70. The van der Waals surface area contributed by atoms with Crippen LogP contribution in [0.4, 0.5) is 11.5 Å². The van der Waals surface area contributed by atoms with Crippen LogP contribution < -0.4 is 10.1 Å². The molecule has 9 nitrogen and oxygen atoms in total. The van der Waals surface area contributed by atoms with Gasteiger partial charge in [0, 0.05) is 6.54 Å². The van der Waals surface area contributed by atoms with Gasteiger partial charge in [-0.2, -0.15) is 4.98 Å². The first-order chi connectivity index (χ1) is 12.0. The molecule has 3 aromatic heterocycles. The molecule has 25 heavy (non-hydrogen) atoms. The van der Waals surface area contributed by atoms with Crippen molar-refractivity contribution in [2.75, 3.05) is 32.6 Å². The van der Waals surface area contributed by atoms with Crippen molar-refractivity contribution in [1.29, 1.82) is 0 Å². The Morgan fingerprint density at radius 2 is 2.24 bits per heavy atom. The highest BCUT2D eigenvalue weighted by atomic mass is 79.9. The minimum Gasteiger partial charge on any atom is -0.478 e. The Labute approximate surface area is 157 Å². The SMILES string of the molecule is COc1nn(C2CCN(C)C2)cc1Nc1nc(Cl)nn2c(Br)cnc12. The highest BCUT2D eigenvalue weighted by molar-refractivity contribution is 9.10. The van der Waals surface area contributed by atoms with Crippen LogP contribution in [0.25, 0.3) is 5.65 Å². The molecule has 1 atom stereocenters. The third-order valence-corrected chi connectivity index (χ3v) is 4.88. The molecule has 0 aliphatic carbocycles. The average molecular weight is 428 g/mol. The van der Waals surface area contributed by atoms with Gasteiger partial charge in [0.2, 0.25) is 5.28 Å². The Bertz CT molecular complexity index is 925. The van der Waals surface area contributed by atoms with Crippen molar-refractivity contribution in [3.8, 4) is 5.88 Å². The minimum absolute atomic E-state index is 0.109. The fourth-order valence-electron chi connectivity index (χ4n) is 2.97. The Morgan fingerprint density at radius 3 is 2.96 bits per heavy atom. The van der Waals surface area contributed by atoms with Crippen LogP contribution in [0.15, 0.2) is 17.0 Å². The average Bonchev–Trinajstić information content (AvgIpc) is 3.27. The van der Waals surface area contributed by atoms with Gasteiger partial charge in [-0.15, -0.1) is 10.2 Å². The molecule has 1 N–H and O–H groups in total. The van der Waals surface area contributed by atoms with Crippen LogP contribution in [0, 0.1) is 0 Å². The Kier molecular flexibility index (Phi) is 4.26. The van der Waals surface area contributed by atoms with Gasteiger partial charge in [-0.05, 0) is 47.5 Å². The lowest BCUT2D eigenvalue weighted by molar-refractivity contribution is 0.362. The van der Waals surface area contributed by atoms with Gasteiger partial charge in [-0.3, -0.25) is 4.68 Å². The molecule has 1 fully saturated rings. The Morgan fingerprint density at radius 1 is 1.40 bits per heavy atom. The van der Waals surface area contributed by atoms with Crippen LogP contribution in [0.2, 0.25) is 5.28 Å². The van der Waals surface area contributed by atoms with E-state index in [0.29, 0.717) is 33.7 Å². The predicted molar refractivity (Wildman–Crippen MR) is 96.7 cm³/mol. The molecule has 0 spiro atoms. The molecule has 0 amide bonds. The fourth-order valence-corrected chi connectivity index (χ4v) is 3.48. The number of nitrogens with one attached hydrogen (secondary N) is 1. The van der Waals surface area contributed by atoms with Crippen molar-refractivity contribution in [2.45, 2.75) is 12.5 Å². The molecule has 0 aromatic carbocycles. The number of nitrogens with zero attached hydrogens (tertiary/aromatic N) is 7. The highest BCUT2D eigenvalue weighted by Crippen LogP contribution is 2.31. The van der Waals surface area contributed by atoms with Crippen molar-refractivity contribution >= 4 is 44.7 Å². The number of likely N-dealkylation sites (N-methyl/N-ethyl adjacent to an activating group) is 1. The zero-order chi connectivity index (χ0) is 17.6. The van der Waals surface area contributed by atoms with E-state index < -0.39 is 0 Å². The van der Waals surface area contributed by atoms with Gasteiger partial charge in [0.1, 0.15) is 10.3 Å². The summed E-state index contributed by atoms with van der Waals surface area (Å²) in [5, 5.41) is 12.0. The van der Waals surface area contributed by atoms with Crippen LogP contribution in [0.3, 0.4) is 0 Å². The molecule has 11 heteroatoms. The quantitative estimate of drug-likeness (QED) is 0.684. The summed E-state index contributed by atoms with van der Waals surface area (Å²) in [5.74, 6) is 0.972. The van der Waals surface area contributed by atoms with Crippen molar-refractivity contribution in [3.05, 3.63) is 22.3 Å². The fraction of sp³-hybridized carbons (Fsp3) is 0.429. The normalized spacial score (nSPS) is 18.2. The predicted octanol–water partition coefficient (Wildman–Crippen LogP) is 2.37. The largest absolute Gasteiger partial charge is 0.478 e. The van der Waals surface area contributed by atoms with Crippen LogP contribution in [-0.2, 0) is 0 Å². The monoisotopic (exact) mass is 426 g/mol. The molecule has 0 saturated carbocycles. The number of rotatable bonds is 4. The zero-order valence-electron chi connectivity index (χ0n) is 13.6. The number of methoxy groups -OCH3 is 1. The minimum atomic E-state index is 0.109. The number of likely N-dealkylation sites (tertiary alicyclic amines) is 1. The number of anilines is 2. The second-order valence-corrected chi connectivity index (χ2v) is 7.06. The standard InChI is InChI=1S/C14H16BrClN8O/c1-22-4-3-8(6-22)23-7-9(13(20-23)25-2)18-11-12-17-5-10(15)24(12)21-14(16)19-11/h5,7-8H,3-4,6H2,1-2H3,(H,18,19,21). The van der Waals surface area contributed by atoms with Crippen molar-refractivity contribution in [2.24, 2.45) is 0 Å². The molecule has 1 unspecified atom stereocenters. The maximum absolute atomic E-state index is 6.03. The molecule has 1 saturated heterocycles. The molecular formula is C14H16BrClN8O. The van der Waals surface area contributed by atoms with E-state index in [0.717, 1.165) is 19.5 Å². The number of imidazole rings is 1. The summed E-state index contributed by atoms with van der Waals surface area (Å²) in [4.78, 5) is 10.8. The zero-order valence-corrected chi connectivity index (χ0v) is 16.0. The first-order valence-electron chi connectivity index (χ1n) is 7.70. The summed E-state index contributed by atoms with van der Waals surface area (Å²) in [6.07, 6.45) is 4.62. The smallest absolute Gasteiger partial charge is 0.256 e. The molecule has 0 bridgehead atoms. The number of hydrogen-bond donors (Lipinski definition) is 1. The first-order valence-corrected chi connectivity index (χ1v) is 8.87.